The minimum atomic E-state index is -0.825. The lowest BCUT2D eigenvalue weighted by Gasteiger charge is -2.22. The first-order chi connectivity index (χ1) is 8.68. The first-order valence-electron chi connectivity index (χ1n) is 6.24. The molecule has 2 atom stereocenters. The molecule has 2 rings (SSSR count). The maximum Gasteiger partial charge on any atom is 0.308 e. The summed E-state index contributed by atoms with van der Waals surface area (Å²) in [6.45, 7) is 0. The average Bonchev–Trinajstić information content (AvgIpc) is 2.77. The van der Waals surface area contributed by atoms with Crippen molar-refractivity contribution in [2.45, 2.75) is 38.1 Å². The topological polar surface area (TPSA) is 79.5 Å². The number of furan rings is 1. The normalized spacial score (nSPS) is 24.2. The van der Waals surface area contributed by atoms with Crippen molar-refractivity contribution in [3.63, 3.8) is 0 Å². The van der Waals surface area contributed by atoms with E-state index in [-0.39, 0.29) is 11.9 Å². The predicted octanol–water partition coefficient (Wildman–Crippen LogP) is 2.04. The lowest BCUT2D eigenvalue weighted by atomic mass is 9.94. The summed E-state index contributed by atoms with van der Waals surface area (Å²) in [7, 11) is 0. The van der Waals surface area contributed by atoms with Crippen LogP contribution in [0.3, 0.4) is 0 Å². The largest absolute Gasteiger partial charge is 0.481 e. The fraction of sp³-hybridized carbons (Fsp3) is 0.538. The monoisotopic (exact) mass is 251 g/mol. The van der Waals surface area contributed by atoms with Crippen LogP contribution in [-0.2, 0) is 4.79 Å². The van der Waals surface area contributed by atoms with Gasteiger partial charge in [-0.3, -0.25) is 9.59 Å². The van der Waals surface area contributed by atoms with Crippen molar-refractivity contribution in [1.29, 1.82) is 0 Å². The molecule has 98 valence electrons. The second-order valence-electron chi connectivity index (χ2n) is 4.67. The van der Waals surface area contributed by atoms with Gasteiger partial charge in [0.2, 0.25) is 0 Å². The van der Waals surface area contributed by atoms with E-state index >= 15 is 0 Å². The molecule has 0 radical (unpaired) electrons. The number of carboxylic acids is 1. The van der Waals surface area contributed by atoms with Gasteiger partial charge in [-0.15, -0.1) is 0 Å². The highest BCUT2D eigenvalue weighted by Gasteiger charge is 2.30. The molecule has 1 amide bonds. The number of hydrogen-bond acceptors (Lipinski definition) is 3. The summed E-state index contributed by atoms with van der Waals surface area (Å²) in [6, 6.07) is 1.29. The van der Waals surface area contributed by atoms with Crippen molar-refractivity contribution < 1.29 is 19.1 Å². The van der Waals surface area contributed by atoms with Crippen LogP contribution in [0, 0.1) is 5.92 Å². The van der Waals surface area contributed by atoms with Crippen LogP contribution in [0.1, 0.15) is 42.5 Å². The summed E-state index contributed by atoms with van der Waals surface area (Å²) in [6.07, 6.45) is 7.04. The number of carbonyl (C=O) groups is 2. The number of carboxylic acid groups (broad SMARTS) is 1. The molecule has 0 aliphatic heterocycles. The highest BCUT2D eigenvalue weighted by molar-refractivity contribution is 5.94. The summed E-state index contributed by atoms with van der Waals surface area (Å²) in [5.74, 6) is -1.57. The van der Waals surface area contributed by atoms with Crippen LogP contribution < -0.4 is 5.32 Å². The number of aliphatic carboxylic acids is 1. The van der Waals surface area contributed by atoms with E-state index < -0.39 is 11.9 Å². The number of nitrogens with one attached hydrogen (secondary N) is 1. The number of rotatable bonds is 3. The quantitative estimate of drug-likeness (QED) is 0.806. The van der Waals surface area contributed by atoms with Gasteiger partial charge in [0.25, 0.3) is 5.91 Å². The Balaban J connectivity index is 2.04. The molecule has 0 bridgehead atoms. The minimum absolute atomic E-state index is 0.262. The molecule has 1 aliphatic carbocycles. The fourth-order valence-corrected chi connectivity index (χ4v) is 2.42. The predicted molar refractivity (Wildman–Crippen MR) is 64.2 cm³/mol. The molecule has 0 saturated heterocycles. The molecular weight excluding hydrogens is 234 g/mol. The van der Waals surface area contributed by atoms with Gasteiger partial charge in [0.15, 0.2) is 0 Å². The van der Waals surface area contributed by atoms with Crippen LogP contribution in [0.15, 0.2) is 23.0 Å². The van der Waals surface area contributed by atoms with E-state index in [4.69, 9.17) is 4.42 Å². The Morgan fingerprint density at radius 3 is 2.72 bits per heavy atom. The standard InChI is InChI=1S/C13H17NO4/c15-12(9-6-7-18-8-9)14-11-5-3-1-2-4-10(11)13(16)17/h6-8,10-11H,1-5H2,(H,14,15)(H,16,17)/t10-,11-/m0/s1. The van der Waals surface area contributed by atoms with Crippen molar-refractivity contribution in [3.8, 4) is 0 Å². The van der Waals surface area contributed by atoms with Crippen LogP contribution in [-0.4, -0.2) is 23.0 Å². The van der Waals surface area contributed by atoms with E-state index in [2.05, 4.69) is 5.32 Å². The second-order valence-corrected chi connectivity index (χ2v) is 4.67. The Hall–Kier alpha value is -1.78. The first kappa shape index (κ1) is 12.7. The summed E-state index contributed by atoms with van der Waals surface area (Å²) in [5.41, 5.74) is 0.434. The summed E-state index contributed by atoms with van der Waals surface area (Å²) in [5, 5.41) is 12.0. The molecule has 0 unspecified atom stereocenters. The van der Waals surface area contributed by atoms with E-state index in [0.29, 0.717) is 12.0 Å². The van der Waals surface area contributed by atoms with Crippen molar-refractivity contribution >= 4 is 11.9 Å². The average molecular weight is 251 g/mol. The lowest BCUT2D eigenvalue weighted by molar-refractivity contribution is -0.142. The molecule has 18 heavy (non-hydrogen) atoms. The van der Waals surface area contributed by atoms with Crippen molar-refractivity contribution in [2.75, 3.05) is 0 Å². The van der Waals surface area contributed by atoms with Gasteiger partial charge in [-0.2, -0.15) is 0 Å². The molecule has 0 spiro atoms. The van der Waals surface area contributed by atoms with Gasteiger partial charge in [-0.25, -0.2) is 0 Å². The minimum Gasteiger partial charge on any atom is -0.481 e. The SMILES string of the molecule is O=C(N[C@H]1CCCCC[C@@H]1C(=O)O)c1ccoc1. The third-order valence-corrected chi connectivity index (χ3v) is 3.43. The second kappa shape index (κ2) is 5.71. The third kappa shape index (κ3) is 2.91. The maximum atomic E-state index is 11.9. The van der Waals surface area contributed by atoms with Crippen molar-refractivity contribution in [2.24, 2.45) is 5.92 Å². The zero-order valence-corrected chi connectivity index (χ0v) is 10.1. The van der Waals surface area contributed by atoms with Crippen molar-refractivity contribution in [1.82, 2.24) is 5.32 Å². The molecule has 5 heteroatoms. The van der Waals surface area contributed by atoms with Gasteiger partial charge in [0, 0.05) is 6.04 Å². The Morgan fingerprint density at radius 2 is 2.06 bits per heavy atom. The fourth-order valence-electron chi connectivity index (χ4n) is 2.42. The third-order valence-electron chi connectivity index (χ3n) is 3.43. The zero-order chi connectivity index (χ0) is 13.0. The van der Waals surface area contributed by atoms with Crippen molar-refractivity contribution in [3.05, 3.63) is 24.2 Å². The van der Waals surface area contributed by atoms with Crippen LogP contribution in [0.4, 0.5) is 0 Å². The Morgan fingerprint density at radius 1 is 1.28 bits per heavy atom. The van der Waals surface area contributed by atoms with Gasteiger partial charge < -0.3 is 14.8 Å². The maximum absolute atomic E-state index is 11.9. The zero-order valence-electron chi connectivity index (χ0n) is 10.1. The highest BCUT2D eigenvalue weighted by Crippen LogP contribution is 2.24. The van der Waals surface area contributed by atoms with Crippen LogP contribution >= 0.6 is 0 Å². The Bertz CT molecular complexity index is 413. The van der Waals surface area contributed by atoms with Gasteiger partial charge in [-0.1, -0.05) is 19.3 Å². The van der Waals surface area contributed by atoms with Gasteiger partial charge in [-0.05, 0) is 18.9 Å². The lowest BCUT2D eigenvalue weighted by Crippen LogP contribution is -2.42. The highest BCUT2D eigenvalue weighted by atomic mass is 16.4. The molecule has 1 aromatic heterocycles. The van der Waals surface area contributed by atoms with E-state index in [0.717, 1.165) is 25.7 Å². The number of carbonyl (C=O) groups excluding carboxylic acids is 1. The smallest absolute Gasteiger partial charge is 0.308 e. The van der Waals surface area contributed by atoms with E-state index in [1.807, 2.05) is 0 Å². The molecule has 1 fully saturated rings. The molecule has 1 heterocycles. The van der Waals surface area contributed by atoms with E-state index in [9.17, 15) is 14.7 Å². The molecule has 1 aliphatic rings. The molecule has 1 aromatic rings. The van der Waals surface area contributed by atoms with Gasteiger partial charge in [0.05, 0.1) is 17.7 Å². The molecule has 0 aromatic carbocycles. The van der Waals surface area contributed by atoms with Gasteiger partial charge in [0.1, 0.15) is 6.26 Å². The number of amides is 1. The molecular formula is C13H17NO4. The summed E-state index contributed by atoms with van der Waals surface area (Å²) in [4.78, 5) is 23.1. The Labute approximate surface area is 105 Å². The Kier molecular flexibility index (Phi) is 4.02. The van der Waals surface area contributed by atoms with Gasteiger partial charge >= 0.3 is 5.97 Å². The molecule has 5 nitrogen and oxygen atoms in total. The molecule has 1 saturated carbocycles. The van der Waals surface area contributed by atoms with Crippen LogP contribution in [0.5, 0.6) is 0 Å². The summed E-state index contributed by atoms with van der Waals surface area (Å²) >= 11 is 0. The van der Waals surface area contributed by atoms with E-state index in [1.165, 1.54) is 12.5 Å². The summed E-state index contributed by atoms with van der Waals surface area (Å²) < 4.78 is 4.85. The van der Waals surface area contributed by atoms with Crippen LogP contribution in [0.25, 0.3) is 0 Å². The molecule has 2 N–H and O–H groups in total. The first-order valence-corrected chi connectivity index (χ1v) is 6.24. The van der Waals surface area contributed by atoms with Crippen LogP contribution in [0.2, 0.25) is 0 Å². The van der Waals surface area contributed by atoms with E-state index in [1.54, 1.807) is 6.07 Å². The number of hydrogen-bond donors (Lipinski definition) is 2.